The third-order valence-electron chi connectivity index (χ3n) is 4.73. The zero-order chi connectivity index (χ0) is 21.0. The van der Waals surface area contributed by atoms with Gasteiger partial charge in [-0.25, -0.2) is 13.4 Å². The second-order valence-corrected chi connectivity index (χ2v) is 9.08. The molecular weight excluding hydrogens is 398 g/mol. The Labute approximate surface area is 174 Å². The van der Waals surface area contributed by atoms with Gasteiger partial charge < -0.3 is 10.3 Å². The molecule has 0 saturated heterocycles. The van der Waals surface area contributed by atoms with Gasteiger partial charge in [-0.2, -0.15) is 0 Å². The van der Waals surface area contributed by atoms with Crippen LogP contribution in [0.5, 0.6) is 0 Å². The normalized spacial score (nSPS) is 11.5. The molecule has 0 aliphatic rings. The van der Waals surface area contributed by atoms with Crippen molar-refractivity contribution in [3.8, 4) is 11.4 Å². The lowest BCUT2D eigenvalue weighted by Gasteiger charge is -2.07. The van der Waals surface area contributed by atoms with Crippen molar-refractivity contribution in [3.05, 3.63) is 78.9 Å². The number of para-hydroxylation sites is 2. The maximum atomic E-state index is 12.3. The smallest absolute Gasteiger partial charge is 0.224 e. The molecule has 1 heterocycles. The van der Waals surface area contributed by atoms with E-state index in [1.54, 1.807) is 36.4 Å². The van der Waals surface area contributed by atoms with Gasteiger partial charge in [-0.15, -0.1) is 0 Å². The summed E-state index contributed by atoms with van der Waals surface area (Å²) in [5.41, 5.74) is 3.32. The minimum absolute atomic E-state index is 0.0660. The van der Waals surface area contributed by atoms with Crippen molar-refractivity contribution in [2.24, 2.45) is 0 Å². The third kappa shape index (κ3) is 4.58. The summed E-state index contributed by atoms with van der Waals surface area (Å²) in [6.45, 7) is 0. The van der Waals surface area contributed by atoms with Crippen LogP contribution in [0.15, 0.2) is 83.8 Å². The molecule has 6 nitrogen and oxygen atoms in total. The van der Waals surface area contributed by atoms with Gasteiger partial charge in [0.05, 0.1) is 21.7 Å². The van der Waals surface area contributed by atoms with Crippen LogP contribution in [0.25, 0.3) is 22.4 Å². The number of anilines is 1. The number of fused-ring (bicyclic) bond motifs is 1. The Morgan fingerprint density at radius 3 is 2.50 bits per heavy atom. The molecule has 3 aromatic carbocycles. The van der Waals surface area contributed by atoms with Crippen molar-refractivity contribution < 1.29 is 13.2 Å². The number of carbonyl (C=O) groups excluding carboxylic acids is 1. The van der Waals surface area contributed by atoms with Crippen molar-refractivity contribution in [2.45, 2.75) is 17.7 Å². The fourth-order valence-corrected chi connectivity index (χ4v) is 4.56. The number of carbonyl (C=O) groups is 1. The number of nitrogens with zero attached hydrogens (tertiary/aromatic N) is 1. The molecule has 0 unspecified atom stereocenters. The molecule has 0 spiro atoms. The summed E-state index contributed by atoms with van der Waals surface area (Å²) in [5, 5.41) is 2.84. The highest BCUT2D eigenvalue weighted by Gasteiger charge is 2.14. The lowest BCUT2D eigenvalue weighted by Crippen LogP contribution is -2.14. The Morgan fingerprint density at radius 1 is 0.933 bits per heavy atom. The van der Waals surface area contributed by atoms with Crippen LogP contribution in [0.2, 0.25) is 0 Å². The Kier molecular flexibility index (Phi) is 5.63. The third-order valence-corrected chi connectivity index (χ3v) is 6.54. The van der Waals surface area contributed by atoms with Crippen molar-refractivity contribution in [2.75, 3.05) is 11.1 Å². The van der Waals surface area contributed by atoms with E-state index in [4.69, 9.17) is 0 Å². The van der Waals surface area contributed by atoms with E-state index in [1.807, 2.05) is 42.5 Å². The molecule has 2 N–H and O–H groups in total. The van der Waals surface area contributed by atoms with E-state index in [0.29, 0.717) is 5.69 Å². The molecule has 0 fully saturated rings. The van der Waals surface area contributed by atoms with E-state index < -0.39 is 9.84 Å². The first kappa shape index (κ1) is 19.8. The van der Waals surface area contributed by atoms with E-state index in [0.717, 1.165) is 22.4 Å². The van der Waals surface area contributed by atoms with Gasteiger partial charge in [0.15, 0.2) is 9.84 Å². The van der Waals surface area contributed by atoms with Crippen LogP contribution in [0, 0.1) is 0 Å². The zero-order valence-electron chi connectivity index (χ0n) is 16.2. The predicted octanol–water partition coefficient (Wildman–Crippen LogP) is 4.42. The molecule has 0 saturated carbocycles. The number of amides is 1. The number of hydrogen-bond donors (Lipinski definition) is 2. The highest BCUT2D eigenvalue weighted by Crippen LogP contribution is 2.23. The van der Waals surface area contributed by atoms with Crippen molar-refractivity contribution in [1.82, 2.24) is 9.97 Å². The topological polar surface area (TPSA) is 91.9 Å². The molecule has 0 bridgehead atoms. The Morgan fingerprint density at radius 2 is 1.70 bits per heavy atom. The lowest BCUT2D eigenvalue weighted by atomic mass is 10.2. The maximum absolute atomic E-state index is 12.3. The average molecular weight is 420 g/mol. The first-order valence-corrected chi connectivity index (χ1v) is 11.3. The molecule has 0 atom stereocenters. The van der Waals surface area contributed by atoms with E-state index in [-0.39, 0.29) is 29.4 Å². The molecule has 4 rings (SSSR count). The minimum Gasteiger partial charge on any atom is -0.338 e. The van der Waals surface area contributed by atoms with Crippen molar-refractivity contribution in [1.29, 1.82) is 0 Å². The number of H-pyrrole nitrogens is 1. The molecule has 0 aliphatic carbocycles. The number of rotatable bonds is 7. The second kappa shape index (κ2) is 8.51. The quantitative estimate of drug-likeness (QED) is 0.464. The van der Waals surface area contributed by atoms with Crippen LogP contribution in [0.4, 0.5) is 5.69 Å². The number of aromatic amines is 1. The second-order valence-electron chi connectivity index (χ2n) is 6.97. The molecule has 1 amide bonds. The molecule has 0 radical (unpaired) electrons. The average Bonchev–Trinajstić information content (AvgIpc) is 3.19. The number of sulfone groups is 1. The fraction of sp³-hybridized carbons (Fsp3) is 0.130. The number of imidazole rings is 1. The first-order chi connectivity index (χ1) is 14.5. The van der Waals surface area contributed by atoms with E-state index in [2.05, 4.69) is 15.3 Å². The minimum atomic E-state index is -3.38. The van der Waals surface area contributed by atoms with Gasteiger partial charge in [0.2, 0.25) is 5.91 Å². The van der Waals surface area contributed by atoms with Crippen LogP contribution >= 0.6 is 0 Å². The van der Waals surface area contributed by atoms with E-state index in [1.165, 1.54) is 0 Å². The van der Waals surface area contributed by atoms with Gasteiger partial charge in [-0.05, 0) is 42.8 Å². The van der Waals surface area contributed by atoms with Crippen LogP contribution < -0.4 is 5.32 Å². The molecule has 1 aromatic heterocycles. The number of nitrogens with one attached hydrogen (secondary N) is 2. The van der Waals surface area contributed by atoms with Crippen LogP contribution in [0.1, 0.15) is 12.8 Å². The van der Waals surface area contributed by atoms with Crippen molar-refractivity contribution >= 4 is 32.5 Å². The summed E-state index contributed by atoms with van der Waals surface area (Å²) in [4.78, 5) is 20.4. The standard InChI is InChI=1S/C23H21N3O3S/c27-22(14-7-15-30(28,29)19-10-2-1-3-11-19)24-18-9-6-8-17(16-18)23-25-20-12-4-5-13-21(20)26-23/h1-6,8-13,16H,7,14-15H2,(H,24,27)(H,25,26). The van der Waals surface area contributed by atoms with E-state index >= 15 is 0 Å². The number of aromatic nitrogens is 2. The summed E-state index contributed by atoms with van der Waals surface area (Å²) in [7, 11) is -3.38. The summed E-state index contributed by atoms with van der Waals surface area (Å²) in [5.74, 6) is 0.435. The molecule has 0 aliphatic heterocycles. The first-order valence-electron chi connectivity index (χ1n) is 9.64. The zero-order valence-corrected chi connectivity index (χ0v) is 17.0. The monoisotopic (exact) mass is 419 g/mol. The summed E-state index contributed by atoms with van der Waals surface area (Å²) < 4.78 is 24.6. The van der Waals surface area contributed by atoms with Crippen LogP contribution in [-0.2, 0) is 14.6 Å². The molecule has 30 heavy (non-hydrogen) atoms. The summed E-state index contributed by atoms with van der Waals surface area (Å²) in [6, 6.07) is 23.5. The van der Waals surface area contributed by atoms with Crippen molar-refractivity contribution in [3.63, 3.8) is 0 Å². The Bertz CT molecular complexity index is 1250. The molecular formula is C23H21N3O3S. The summed E-state index contributed by atoms with van der Waals surface area (Å²) >= 11 is 0. The van der Waals surface area contributed by atoms with Gasteiger partial charge in [0.1, 0.15) is 5.82 Å². The highest BCUT2D eigenvalue weighted by atomic mass is 32.2. The number of hydrogen-bond acceptors (Lipinski definition) is 4. The Balaban J connectivity index is 1.37. The van der Waals surface area contributed by atoms with Gasteiger partial charge >= 0.3 is 0 Å². The van der Waals surface area contributed by atoms with E-state index in [9.17, 15) is 13.2 Å². The summed E-state index contributed by atoms with van der Waals surface area (Å²) in [6.07, 6.45) is 0.382. The largest absolute Gasteiger partial charge is 0.338 e. The van der Waals surface area contributed by atoms with Crippen LogP contribution in [-0.4, -0.2) is 30.0 Å². The maximum Gasteiger partial charge on any atom is 0.224 e. The molecule has 152 valence electrons. The van der Waals surface area contributed by atoms with Gasteiger partial charge in [-0.1, -0.05) is 42.5 Å². The molecule has 7 heteroatoms. The van der Waals surface area contributed by atoms with Gasteiger partial charge in [0.25, 0.3) is 0 Å². The van der Waals surface area contributed by atoms with Gasteiger partial charge in [0, 0.05) is 17.7 Å². The Hall–Kier alpha value is -3.45. The molecule has 4 aromatic rings. The highest BCUT2D eigenvalue weighted by molar-refractivity contribution is 7.91. The SMILES string of the molecule is O=C(CCCS(=O)(=O)c1ccccc1)Nc1cccc(-c2nc3ccccc3[nH]2)c1. The number of benzene rings is 3. The van der Waals surface area contributed by atoms with Gasteiger partial charge in [-0.3, -0.25) is 4.79 Å². The lowest BCUT2D eigenvalue weighted by molar-refractivity contribution is -0.116. The fourth-order valence-electron chi connectivity index (χ4n) is 3.23. The van der Waals surface area contributed by atoms with Crippen LogP contribution in [0.3, 0.4) is 0 Å². The predicted molar refractivity (Wildman–Crippen MR) is 118 cm³/mol.